The number of fused-ring (bicyclic) bond motifs is 3. The van der Waals surface area contributed by atoms with Gasteiger partial charge in [0.2, 0.25) is 0 Å². The fourth-order valence-corrected chi connectivity index (χ4v) is 3.97. The molecule has 0 atom stereocenters. The van der Waals surface area contributed by atoms with E-state index in [0.717, 1.165) is 23.3 Å². The van der Waals surface area contributed by atoms with Crippen molar-refractivity contribution in [2.24, 2.45) is 0 Å². The van der Waals surface area contributed by atoms with Gasteiger partial charge in [0, 0.05) is 24.1 Å². The summed E-state index contributed by atoms with van der Waals surface area (Å²) in [4.78, 5) is 12.2. The number of halogens is 2. The van der Waals surface area contributed by atoms with Crippen molar-refractivity contribution in [2.45, 2.75) is 12.3 Å². The second kappa shape index (κ2) is 9.64. The summed E-state index contributed by atoms with van der Waals surface area (Å²) in [6, 6.07) is 18.4. The topological polar surface area (TPSA) is 47.6 Å². The molecule has 3 aromatic carbocycles. The van der Waals surface area contributed by atoms with E-state index in [1.54, 1.807) is 12.2 Å². The molecule has 0 bridgehead atoms. The summed E-state index contributed by atoms with van der Waals surface area (Å²) >= 11 is 0. The average molecular weight is 435 g/mol. The number of benzene rings is 3. The Hall–Kier alpha value is -3.67. The Morgan fingerprint density at radius 3 is 2.28 bits per heavy atom. The Bertz CT molecular complexity index is 1110. The van der Waals surface area contributed by atoms with E-state index in [1.807, 2.05) is 24.3 Å². The SMILES string of the molecule is COc1cc(F)c(F)cc1C=CCCNC(=O)OCC1c2ccccc2-c2ccccc21. The van der Waals surface area contributed by atoms with E-state index in [-0.39, 0.29) is 18.3 Å². The molecular weight excluding hydrogens is 412 g/mol. The first-order valence-electron chi connectivity index (χ1n) is 10.4. The van der Waals surface area contributed by atoms with Crippen LogP contribution in [0.5, 0.6) is 5.75 Å². The highest BCUT2D eigenvalue weighted by molar-refractivity contribution is 5.79. The lowest BCUT2D eigenvalue weighted by Gasteiger charge is -2.14. The van der Waals surface area contributed by atoms with Gasteiger partial charge in [0.1, 0.15) is 12.4 Å². The molecule has 1 N–H and O–H groups in total. The lowest BCUT2D eigenvalue weighted by molar-refractivity contribution is 0.143. The van der Waals surface area contributed by atoms with Crippen LogP contribution in [0.3, 0.4) is 0 Å². The van der Waals surface area contributed by atoms with Gasteiger partial charge in [-0.2, -0.15) is 0 Å². The van der Waals surface area contributed by atoms with Crippen LogP contribution < -0.4 is 10.1 Å². The van der Waals surface area contributed by atoms with Crippen molar-refractivity contribution in [1.29, 1.82) is 0 Å². The maximum Gasteiger partial charge on any atom is 0.407 e. The molecule has 6 heteroatoms. The molecule has 0 aliphatic heterocycles. The van der Waals surface area contributed by atoms with Crippen LogP contribution in [0.1, 0.15) is 29.0 Å². The zero-order chi connectivity index (χ0) is 22.5. The van der Waals surface area contributed by atoms with Crippen LogP contribution in [0.15, 0.2) is 66.7 Å². The molecule has 0 saturated carbocycles. The largest absolute Gasteiger partial charge is 0.496 e. The summed E-state index contributed by atoms with van der Waals surface area (Å²) < 4.78 is 37.3. The highest BCUT2D eigenvalue weighted by Gasteiger charge is 2.28. The summed E-state index contributed by atoms with van der Waals surface area (Å²) in [5.74, 6) is -1.66. The zero-order valence-corrected chi connectivity index (χ0v) is 17.6. The molecular formula is C26H23F2NO3. The van der Waals surface area contributed by atoms with Crippen LogP contribution in [0.4, 0.5) is 13.6 Å². The first-order valence-corrected chi connectivity index (χ1v) is 10.4. The summed E-state index contributed by atoms with van der Waals surface area (Å²) in [6.07, 6.45) is 3.37. The maximum atomic E-state index is 13.4. The number of carbonyl (C=O) groups excluding carboxylic acids is 1. The molecule has 0 aromatic heterocycles. The van der Waals surface area contributed by atoms with E-state index in [4.69, 9.17) is 9.47 Å². The number of hydrogen-bond acceptors (Lipinski definition) is 3. The van der Waals surface area contributed by atoms with Gasteiger partial charge in [-0.1, -0.05) is 60.7 Å². The highest BCUT2D eigenvalue weighted by Crippen LogP contribution is 2.44. The molecule has 0 saturated heterocycles. The standard InChI is InChI=1S/C26H23F2NO3/c1-31-25-15-24(28)23(27)14-17(25)8-6-7-13-29-26(30)32-16-22-20-11-4-2-9-18(20)19-10-3-5-12-21(19)22/h2-6,8-12,14-15,22H,7,13,16H2,1H3,(H,29,30). The Morgan fingerprint density at radius 1 is 1.00 bits per heavy atom. The smallest absolute Gasteiger partial charge is 0.407 e. The minimum Gasteiger partial charge on any atom is -0.496 e. The van der Waals surface area contributed by atoms with Crippen LogP contribution in [0.2, 0.25) is 0 Å². The molecule has 0 heterocycles. The Morgan fingerprint density at radius 2 is 1.62 bits per heavy atom. The molecule has 0 radical (unpaired) electrons. The van der Waals surface area contributed by atoms with Crippen molar-refractivity contribution >= 4 is 12.2 Å². The molecule has 1 aliphatic carbocycles. The van der Waals surface area contributed by atoms with E-state index in [9.17, 15) is 13.6 Å². The van der Waals surface area contributed by atoms with Gasteiger partial charge < -0.3 is 14.8 Å². The third-order valence-corrected chi connectivity index (χ3v) is 5.49. The molecule has 4 nitrogen and oxygen atoms in total. The van der Waals surface area contributed by atoms with E-state index < -0.39 is 17.7 Å². The quantitative estimate of drug-likeness (QED) is 0.469. The van der Waals surface area contributed by atoms with Gasteiger partial charge in [0.15, 0.2) is 11.6 Å². The van der Waals surface area contributed by atoms with E-state index in [0.29, 0.717) is 18.5 Å². The van der Waals surface area contributed by atoms with Gasteiger partial charge in [-0.15, -0.1) is 0 Å². The van der Waals surface area contributed by atoms with Crippen molar-refractivity contribution in [1.82, 2.24) is 5.32 Å². The number of carbonyl (C=O) groups is 1. The Kier molecular flexibility index (Phi) is 6.50. The molecule has 0 spiro atoms. The van der Waals surface area contributed by atoms with E-state index in [1.165, 1.54) is 18.2 Å². The highest BCUT2D eigenvalue weighted by atomic mass is 19.2. The average Bonchev–Trinajstić information content (AvgIpc) is 3.13. The van der Waals surface area contributed by atoms with Crippen molar-refractivity contribution in [3.05, 3.63) is 95.1 Å². The van der Waals surface area contributed by atoms with Crippen molar-refractivity contribution in [2.75, 3.05) is 20.3 Å². The monoisotopic (exact) mass is 435 g/mol. The first-order chi connectivity index (χ1) is 15.6. The van der Waals surface area contributed by atoms with Gasteiger partial charge in [-0.3, -0.25) is 0 Å². The minimum absolute atomic E-state index is 0.00823. The predicted octanol–water partition coefficient (Wildman–Crippen LogP) is 5.92. The number of nitrogens with one attached hydrogen (secondary N) is 1. The number of amides is 1. The normalized spacial score (nSPS) is 12.5. The minimum atomic E-state index is -0.962. The van der Waals surface area contributed by atoms with Crippen molar-refractivity contribution in [3.63, 3.8) is 0 Å². The summed E-state index contributed by atoms with van der Waals surface area (Å²) in [5, 5.41) is 2.71. The van der Waals surface area contributed by atoms with Crippen LogP contribution in [0, 0.1) is 11.6 Å². The van der Waals surface area contributed by atoms with E-state index >= 15 is 0 Å². The van der Waals surface area contributed by atoms with E-state index in [2.05, 4.69) is 29.6 Å². The van der Waals surface area contributed by atoms with Gasteiger partial charge in [-0.25, -0.2) is 13.6 Å². The lowest BCUT2D eigenvalue weighted by Crippen LogP contribution is -2.26. The van der Waals surface area contributed by atoms with Crippen LogP contribution in [0.25, 0.3) is 17.2 Å². The third-order valence-electron chi connectivity index (χ3n) is 5.49. The molecule has 0 fully saturated rings. The molecule has 0 unspecified atom stereocenters. The number of hydrogen-bond donors (Lipinski definition) is 1. The fraction of sp³-hybridized carbons (Fsp3) is 0.192. The second-order valence-corrected chi connectivity index (χ2v) is 7.45. The van der Waals surface area contributed by atoms with Crippen LogP contribution in [-0.2, 0) is 4.74 Å². The number of ether oxygens (including phenoxy) is 2. The van der Waals surface area contributed by atoms with Gasteiger partial charge >= 0.3 is 6.09 Å². The predicted molar refractivity (Wildman–Crippen MR) is 120 cm³/mol. The van der Waals surface area contributed by atoms with Crippen molar-refractivity contribution < 1.29 is 23.0 Å². The lowest BCUT2D eigenvalue weighted by atomic mass is 9.98. The Labute approximate surface area is 185 Å². The molecule has 1 aliphatic rings. The number of methoxy groups -OCH3 is 1. The molecule has 1 amide bonds. The maximum absolute atomic E-state index is 13.4. The van der Waals surface area contributed by atoms with Crippen LogP contribution in [-0.4, -0.2) is 26.4 Å². The van der Waals surface area contributed by atoms with Crippen LogP contribution >= 0.6 is 0 Å². The number of rotatable bonds is 7. The second-order valence-electron chi connectivity index (χ2n) is 7.45. The first kappa shape index (κ1) is 21.6. The third kappa shape index (κ3) is 4.49. The molecule has 164 valence electrons. The summed E-state index contributed by atoms with van der Waals surface area (Å²) in [7, 11) is 1.39. The summed E-state index contributed by atoms with van der Waals surface area (Å²) in [5.41, 5.74) is 5.09. The van der Waals surface area contributed by atoms with Gasteiger partial charge in [0.05, 0.1) is 7.11 Å². The zero-order valence-electron chi connectivity index (χ0n) is 17.6. The molecule has 3 aromatic rings. The fourth-order valence-electron chi connectivity index (χ4n) is 3.97. The van der Waals surface area contributed by atoms with Crippen molar-refractivity contribution in [3.8, 4) is 16.9 Å². The molecule has 32 heavy (non-hydrogen) atoms. The molecule has 4 rings (SSSR count). The number of alkyl carbamates (subject to hydrolysis) is 1. The summed E-state index contributed by atoms with van der Waals surface area (Å²) in [6.45, 7) is 0.598. The van der Waals surface area contributed by atoms with Gasteiger partial charge in [0.25, 0.3) is 0 Å². The Balaban J connectivity index is 1.29. The van der Waals surface area contributed by atoms with Gasteiger partial charge in [-0.05, 0) is 34.7 Å².